The van der Waals surface area contributed by atoms with Crippen LogP contribution in [0.4, 0.5) is 0 Å². The first-order valence-electron chi connectivity index (χ1n) is 13.0. The summed E-state index contributed by atoms with van der Waals surface area (Å²) in [5.41, 5.74) is 0.841. The van der Waals surface area contributed by atoms with Gasteiger partial charge in [0.1, 0.15) is 0 Å². The smallest absolute Gasteiger partial charge is 0.160 e. The summed E-state index contributed by atoms with van der Waals surface area (Å²) in [6.45, 7) is 10.4. The number of fused-ring (bicyclic) bond motifs is 4. The molecular weight excluding hydrogens is 416 g/mol. The van der Waals surface area contributed by atoms with Crippen molar-refractivity contribution in [3.63, 3.8) is 0 Å². The number of Topliss-reactive ketones (excluding diaryl/α,β-unsaturated/α-hetero) is 1. The van der Waals surface area contributed by atoms with Crippen LogP contribution in [0.5, 0.6) is 0 Å². The van der Waals surface area contributed by atoms with Crippen molar-refractivity contribution in [2.24, 2.45) is 34.5 Å². The lowest BCUT2D eigenvalue weighted by Gasteiger charge is -2.59. The molecule has 0 bridgehead atoms. The van der Waals surface area contributed by atoms with E-state index in [2.05, 4.69) is 20.8 Å². The molecule has 0 aromatic carbocycles. The lowest BCUT2D eigenvalue weighted by atomic mass is 9.47. The molecule has 4 N–H and O–H groups in total. The SMILES string of the molecule is C/C=C(\CO)CC[C@@H](C)[C@H]1CC[C@H]2C3=C(C(=O)C[C@]12C)[C@@]1(C)CC[C@@H](O)[C@](C)(O)[C@@H]1C[C@@H]3O. The maximum Gasteiger partial charge on any atom is 0.160 e. The van der Waals surface area contributed by atoms with Gasteiger partial charge < -0.3 is 20.4 Å². The van der Waals surface area contributed by atoms with Crippen molar-refractivity contribution in [3.8, 4) is 0 Å². The van der Waals surface area contributed by atoms with E-state index < -0.39 is 23.2 Å². The first-order valence-corrected chi connectivity index (χ1v) is 13.0. The Balaban J connectivity index is 1.68. The highest BCUT2D eigenvalue weighted by molar-refractivity contribution is 5.99. The lowest BCUT2D eigenvalue weighted by Crippen LogP contribution is -2.61. The topological polar surface area (TPSA) is 98.0 Å². The van der Waals surface area contributed by atoms with Crippen LogP contribution in [-0.4, -0.2) is 50.6 Å². The first-order chi connectivity index (χ1) is 15.4. The van der Waals surface area contributed by atoms with Gasteiger partial charge in [-0.3, -0.25) is 4.79 Å². The van der Waals surface area contributed by atoms with Gasteiger partial charge in [0, 0.05) is 23.3 Å². The van der Waals surface area contributed by atoms with E-state index in [1.165, 1.54) is 0 Å². The van der Waals surface area contributed by atoms with E-state index in [0.717, 1.165) is 42.4 Å². The fourth-order valence-electron chi connectivity index (χ4n) is 8.64. The van der Waals surface area contributed by atoms with Crippen molar-refractivity contribution in [2.75, 3.05) is 6.61 Å². The molecule has 5 heteroatoms. The zero-order valence-corrected chi connectivity index (χ0v) is 21.1. The Kier molecular flexibility index (Phi) is 6.53. The molecule has 4 aliphatic rings. The maximum absolute atomic E-state index is 13.8. The predicted molar refractivity (Wildman–Crippen MR) is 128 cm³/mol. The van der Waals surface area contributed by atoms with Gasteiger partial charge in [0.25, 0.3) is 0 Å². The van der Waals surface area contributed by atoms with Crippen LogP contribution in [0.1, 0.15) is 86.0 Å². The van der Waals surface area contributed by atoms with Gasteiger partial charge in [-0.05, 0) is 93.1 Å². The van der Waals surface area contributed by atoms with Crippen molar-refractivity contribution in [3.05, 3.63) is 22.8 Å². The number of aliphatic hydroxyl groups is 4. The fraction of sp³-hybridized carbons (Fsp3) is 0.821. The van der Waals surface area contributed by atoms with Crippen LogP contribution >= 0.6 is 0 Å². The summed E-state index contributed by atoms with van der Waals surface area (Å²) in [5, 5.41) is 42.6. The van der Waals surface area contributed by atoms with Crippen molar-refractivity contribution in [1.29, 1.82) is 0 Å². The minimum atomic E-state index is -1.31. The summed E-state index contributed by atoms with van der Waals surface area (Å²) in [4.78, 5) is 13.8. The van der Waals surface area contributed by atoms with Gasteiger partial charge >= 0.3 is 0 Å². The Labute approximate surface area is 199 Å². The molecule has 5 nitrogen and oxygen atoms in total. The van der Waals surface area contributed by atoms with Gasteiger partial charge in [0.05, 0.1) is 24.4 Å². The van der Waals surface area contributed by atoms with Gasteiger partial charge in [0.15, 0.2) is 5.78 Å². The second kappa shape index (κ2) is 8.58. The largest absolute Gasteiger partial charge is 0.392 e. The number of rotatable bonds is 5. The highest BCUT2D eigenvalue weighted by Crippen LogP contribution is 2.66. The molecule has 0 aliphatic heterocycles. The Morgan fingerprint density at radius 1 is 1.18 bits per heavy atom. The standard InChI is InChI=1S/C28H44O5/c1-6-17(15-29)8-7-16(2)18-9-10-19-24-20(30)13-22-26(3,12-11-23(32)28(22,5)33)25(24)21(31)14-27(18,19)4/h6,16,18-20,22-23,29-30,32-33H,7-15H2,1-5H3/b17-6-/t16-,18-,19+,20+,22-,23-,26+,27-,28-/m1/s1. The van der Waals surface area contributed by atoms with E-state index in [1.54, 1.807) is 6.92 Å². The number of carbonyl (C=O) groups is 1. The minimum absolute atomic E-state index is 0.104. The van der Waals surface area contributed by atoms with Crippen molar-refractivity contribution < 1.29 is 25.2 Å². The predicted octanol–water partition coefficient (Wildman–Crippen LogP) is 3.94. The van der Waals surface area contributed by atoms with Crippen LogP contribution < -0.4 is 0 Å². The summed E-state index contributed by atoms with van der Waals surface area (Å²) >= 11 is 0. The summed E-state index contributed by atoms with van der Waals surface area (Å²) in [5.74, 6) is 0.856. The molecule has 9 atom stereocenters. The van der Waals surface area contributed by atoms with E-state index in [9.17, 15) is 25.2 Å². The van der Waals surface area contributed by atoms with Gasteiger partial charge in [-0.15, -0.1) is 0 Å². The Bertz CT molecular complexity index is 856. The quantitative estimate of drug-likeness (QED) is 0.466. The molecule has 0 unspecified atom stereocenters. The molecule has 0 aromatic heterocycles. The molecule has 4 rings (SSSR count). The van der Waals surface area contributed by atoms with Crippen molar-refractivity contribution >= 4 is 5.78 Å². The molecule has 0 aromatic rings. The van der Waals surface area contributed by atoms with E-state index in [4.69, 9.17) is 0 Å². The fourth-order valence-corrected chi connectivity index (χ4v) is 8.64. The van der Waals surface area contributed by atoms with Crippen molar-refractivity contribution in [2.45, 2.75) is 104 Å². The normalized spacial score (nSPS) is 46.6. The number of aliphatic hydroxyl groups excluding tert-OH is 3. The lowest BCUT2D eigenvalue weighted by molar-refractivity contribution is -0.174. The maximum atomic E-state index is 13.8. The van der Waals surface area contributed by atoms with Crippen LogP contribution in [0.25, 0.3) is 0 Å². The molecular formula is C28H44O5. The molecule has 33 heavy (non-hydrogen) atoms. The second-order valence-corrected chi connectivity index (χ2v) is 12.3. The third kappa shape index (κ3) is 3.69. The van der Waals surface area contributed by atoms with Crippen molar-refractivity contribution in [1.82, 2.24) is 0 Å². The van der Waals surface area contributed by atoms with E-state index >= 15 is 0 Å². The van der Waals surface area contributed by atoms with Crippen LogP contribution in [0, 0.1) is 34.5 Å². The second-order valence-electron chi connectivity index (χ2n) is 12.3. The van der Waals surface area contributed by atoms with Crippen LogP contribution in [0.15, 0.2) is 22.8 Å². The van der Waals surface area contributed by atoms with E-state index in [1.807, 2.05) is 13.0 Å². The van der Waals surface area contributed by atoms with Gasteiger partial charge in [-0.25, -0.2) is 0 Å². The zero-order chi connectivity index (χ0) is 24.3. The highest BCUT2D eigenvalue weighted by Gasteiger charge is 2.63. The Morgan fingerprint density at radius 3 is 2.52 bits per heavy atom. The molecule has 0 amide bonds. The summed E-state index contributed by atoms with van der Waals surface area (Å²) < 4.78 is 0. The zero-order valence-electron chi connectivity index (χ0n) is 21.1. The average molecular weight is 461 g/mol. The minimum Gasteiger partial charge on any atom is -0.392 e. The molecule has 0 spiro atoms. The number of allylic oxidation sites excluding steroid dienone is 2. The Morgan fingerprint density at radius 2 is 1.88 bits per heavy atom. The number of hydrogen-bond acceptors (Lipinski definition) is 5. The first kappa shape index (κ1) is 25.1. The monoisotopic (exact) mass is 460 g/mol. The van der Waals surface area contributed by atoms with Crippen LogP contribution in [0.3, 0.4) is 0 Å². The van der Waals surface area contributed by atoms with Gasteiger partial charge in [-0.2, -0.15) is 0 Å². The van der Waals surface area contributed by atoms with Crippen LogP contribution in [-0.2, 0) is 4.79 Å². The average Bonchev–Trinajstić information content (AvgIpc) is 3.09. The third-order valence-electron chi connectivity index (χ3n) is 10.6. The third-order valence-corrected chi connectivity index (χ3v) is 10.6. The molecule has 0 saturated heterocycles. The number of carbonyl (C=O) groups excluding carboxylic acids is 1. The summed E-state index contributed by atoms with van der Waals surface area (Å²) in [7, 11) is 0. The number of ketones is 1. The molecule has 2 saturated carbocycles. The molecule has 0 heterocycles. The van der Waals surface area contributed by atoms with Gasteiger partial charge in [-0.1, -0.05) is 26.8 Å². The van der Waals surface area contributed by atoms with Crippen LogP contribution in [0.2, 0.25) is 0 Å². The van der Waals surface area contributed by atoms with E-state index in [-0.39, 0.29) is 29.6 Å². The summed E-state index contributed by atoms with van der Waals surface area (Å²) in [6, 6.07) is 0. The molecule has 0 radical (unpaired) electrons. The highest BCUT2D eigenvalue weighted by atomic mass is 16.3. The summed E-state index contributed by atoms with van der Waals surface area (Å²) in [6.07, 6.45) is 6.41. The van der Waals surface area contributed by atoms with E-state index in [0.29, 0.717) is 37.5 Å². The van der Waals surface area contributed by atoms with Gasteiger partial charge in [0.2, 0.25) is 0 Å². The number of hydrogen-bond donors (Lipinski definition) is 4. The molecule has 186 valence electrons. The Hall–Kier alpha value is -1.01. The molecule has 4 aliphatic carbocycles. The molecule has 2 fully saturated rings.